The molecule has 1 saturated carbocycles. The number of aromatic nitrogens is 2. The van der Waals surface area contributed by atoms with Gasteiger partial charge in [-0.15, -0.1) is 0 Å². The number of rotatable bonds is 8. The van der Waals surface area contributed by atoms with E-state index in [1.165, 1.54) is 12.8 Å². The highest BCUT2D eigenvalue weighted by atomic mass is 15.1. The van der Waals surface area contributed by atoms with E-state index >= 15 is 0 Å². The Bertz CT molecular complexity index is 1110. The van der Waals surface area contributed by atoms with E-state index in [1.54, 1.807) is 7.05 Å². The highest BCUT2D eigenvalue weighted by Crippen LogP contribution is 2.37. The highest BCUT2D eigenvalue weighted by molar-refractivity contribution is 6.11. The summed E-state index contributed by atoms with van der Waals surface area (Å²) < 4.78 is 0. The third kappa shape index (κ3) is 5.12. The number of hydrogen-bond donors (Lipinski definition) is 2. The predicted molar refractivity (Wildman–Crippen MR) is 144 cm³/mol. The Balaban J connectivity index is 1.73. The Morgan fingerprint density at radius 2 is 2.09 bits per heavy atom. The van der Waals surface area contributed by atoms with Crippen molar-refractivity contribution in [3.05, 3.63) is 66.5 Å². The lowest BCUT2D eigenvalue weighted by Gasteiger charge is -2.22. The van der Waals surface area contributed by atoms with Crippen LogP contribution in [0.3, 0.4) is 0 Å². The van der Waals surface area contributed by atoms with Gasteiger partial charge >= 0.3 is 0 Å². The van der Waals surface area contributed by atoms with Crippen LogP contribution in [0.15, 0.2) is 60.4 Å². The topological polar surface area (TPSA) is 65.4 Å². The summed E-state index contributed by atoms with van der Waals surface area (Å²) in [6, 6.07) is 8.76. The van der Waals surface area contributed by atoms with Gasteiger partial charge in [0, 0.05) is 69.0 Å². The van der Waals surface area contributed by atoms with Crippen molar-refractivity contribution < 1.29 is 0 Å². The van der Waals surface area contributed by atoms with Crippen molar-refractivity contribution in [3.63, 3.8) is 0 Å². The number of hydrogen-bond acceptors (Lipinski definition) is 6. The maximum atomic E-state index is 5.06. The Labute approximate surface area is 203 Å². The van der Waals surface area contributed by atoms with Gasteiger partial charge in [0.2, 0.25) is 0 Å². The molecule has 3 unspecified atom stereocenters. The van der Waals surface area contributed by atoms with Gasteiger partial charge in [0.25, 0.3) is 0 Å². The number of aliphatic imine (C=N–C) groups is 1. The summed E-state index contributed by atoms with van der Waals surface area (Å²) in [5.74, 6) is 3.01. The zero-order valence-corrected chi connectivity index (χ0v) is 20.8. The lowest BCUT2D eigenvalue weighted by atomic mass is 9.97. The first-order valence-electron chi connectivity index (χ1n) is 12.1. The minimum Gasteiger partial charge on any atom is -0.383 e. The molecular formula is C28H36N6. The third-order valence-corrected chi connectivity index (χ3v) is 6.83. The molecule has 0 bridgehead atoms. The van der Waals surface area contributed by atoms with Gasteiger partial charge in [-0.05, 0) is 55.3 Å². The van der Waals surface area contributed by atoms with Crippen LogP contribution in [0.4, 0.5) is 5.82 Å². The van der Waals surface area contributed by atoms with Gasteiger partial charge in [-0.3, -0.25) is 4.99 Å². The van der Waals surface area contributed by atoms with E-state index in [2.05, 4.69) is 58.7 Å². The normalized spacial score (nSPS) is 22.8. The van der Waals surface area contributed by atoms with Crippen LogP contribution < -0.4 is 10.6 Å². The third-order valence-electron chi connectivity index (χ3n) is 6.83. The average molecular weight is 457 g/mol. The molecule has 1 aliphatic heterocycles. The standard InChI is InChI=1S/C28H36N6/c1-6-19(14-29-3)25-17-31-27(22-10-8-9-21(13-22)20(7-2)18-34(4)5)33-28(25)32-26-12-11-23-15-30-16-24(23)26/h6-10,13-14,17-18,23-24,26,30H,2,11-12,15-16H2,1,3-5H3,(H,31,32,33)/b19-6+,20-18+,29-14-. The van der Waals surface area contributed by atoms with Crippen LogP contribution in [0.1, 0.15) is 30.9 Å². The summed E-state index contributed by atoms with van der Waals surface area (Å²) in [5, 5.41) is 7.37. The van der Waals surface area contributed by atoms with Gasteiger partial charge in [0.05, 0.1) is 0 Å². The van der Waals surface area contributed by atoms with Crippen LogP contribution in [0.25, 0.3) is 22.5 Å². The molecule has 2 heterocycles. The average Bonchev–Trinajstić information content (AvgIpc) is 3.46. The van der Waals surface area contributed by atoms with Crippen molar-refractivity contribution in [3.8, 4) is 11.4 Å². The number of nitrogens with zero attached hydrogens (tertiary/aromatic N) is 4. The fraction of sp³-hybridized carbons (Fsp3) is 0.393. The van der Waals surface area contributed by atoms with E-state index in [0.29, 0.717) is 17.8 Å². The molecule has 2 aliphatic rings. The summed E-state index contributed by atoms with van der Waals surface area (Å²) in [4.78, 5) is 16.1. The summed E-state index contributed by atoms with van der Waals surface area (Å²) in [7, 11) is 5.82. The molecule has 34 heavy (non-hydrogen) atoms. The smallest absolute Gasteiger partial charge is 0.161 e. The van der Waals surface area contributed by atoms with E-state index in [0.717, 1.165) is 52.7 Å². The van der Waals surface area contributed by atoms with Crippen LogP contribution in [0.2, 0.25) is 0 Å². The molecule has 3 atom stereocenters. The maximum Gasteiger partial charge on any atom is 0.161 e. The van der Waals surface area contributed by atoms with E-state index in [4.69, 9.17) is 9.97 Å². The fourth-order valence-electron chi connectivity index (χ4n) is 5.14. The van der Waals surface area contributed by atoms with E-state index in [-0.39, 0.29) is 0 Å². The van der Waals surface area contributed by atoms with Gasteiger partial charge in [-0.25, -0.2) is 9.97 Å². The molecule has 0 radical (unpaired) electrons. The first kappa shape index (κ1) is 23.9. The van der Waals surface area contributed by atoms with E-state index in [9.17, 15) is 0 Å². The molecule has 1 aromatic heterocycles. The number of benzene rings is 1. The predicted octanol–water partition coefficient (Wildman–Crippen LogP) is 4.75. The van der Waals surface area contributed by atoms with Crippen LogP contribution in [-0.2, 0) is 0 Å². The summed E-state index contributed by atoms with van der Waals surface area (Å²) in [6.07, 6.45) is 12.3. The number of nitrogens with one attached hydrogen (secondary N) is 2. The van der Waals surface area contributed by atoms with E-state index < -0.39 is 0 Å². The molecule has 6 heteroatoms. The van der Waals surface area contributed by atoms with Crippen LogP contribution in [-0.4, -0.2) is 61.4 Å². The second-order valence-corrected chi connectivity index (χ2v) is 9.33. The molecule has 6 nitrogen and oxygen atoms in total. The monoisotopic (exact) mass is 456 g/mol. The van der Waals surface area contributed by atoms with Crippen LogP contribution in [0.5, 0.6) is 0 Å². The minimum absolute atomic E-state index is 0.417. The molecule has 1 aliphatic carbocycles. The maximum absolute atomic E-state index is 5.06. The molecule has 4 rings (SSSR count). The first-order valence-corrected chi connectivity index (χ1v) is 12.1. The number of anilines is 1. The Hall–Kier alpha value is -3.25. The lowest BCUT2D eigenvalue weighted by molar-refractivity contribution is 0.468. The van der Waals surface area contributed by atoms with Crippen LogP contribution >= 0.6 is 0 Å². The van der Waals surface area contributed by atoms with Crippen molar-refractivity contribution in [2.45, 2.75) is 25.8 Å². The minimum atomic E-state index is 0.417. The molecule has 0 amide bonds. The lowest BCUT2D eigenvalue weighted by Crippen LogP contribution is -2.29. The quantitative estimate of drug-likeness (QED) is 0.443. The summed E-state index contributed by atoms with van der Waals surface area (Å²) in [6.45, 7) is 8.22. The van der Waals surface area contributed by atoms with Gasteiger partial charge in [0.15, 0.2) is 5.82 Å². The molecule has 2 aromatic rings. The van der Waals surface area contributed by atoms with Gasteiger partial charge in [0.1, 0.15) is 5.82 Å². The van der Waals surface area contributed by atoms with E-state index in [1.807, 2.05) is 44.4 Å². The second kappa shape index (κ2) is 10.8. The molecule has 2 fully saturated rings. The Morgan fingerprint density at radius 1 is 1.24 bits per heavy atom. The highest BCUT2D eigenvalue weighted by Gasteiger charge is 2.39. The molecule has 178 valence electrons. The fourth-order valence-corrected chi connectivity index (χ4v) is 5.14. The molecular weight excluding hydrogens is 420 g/mol. The Morgan fingerprint density at radius 3 is 2.82 bits per heavy atom. The number of fused-ring (bicyclic) bond motifs is 1. The number of allylic oxidation sites excluding steroid dienone is 4. The molecule has 0 spiro atoms. The Kier molecular flexibility index (Phi) is 7.58. The largest absolute Gasteiger partial charge is 0.383 e. The zero-order chi connectivity index (χ0) is 24.1. The molecule has 2 N–H and O–H groups in total. The zero-order valence-electron chi connectivity index (χ0n) is 20.8. The van der Waals surface area contributed by atoms with Crippen molar-refractivity contribution >= 4 is 23.2 Å². The van der Waals surface area contributed by atoms with Crippen LogP contribution in [0, 0.1) is 11.8 Å². The first-order chi connectivity index (χ1) is 16.5. The SMILES string of the molecule is C=C/C(=C\N(C)C)c1cccc(-c2ncc(C(/C=N\C)=C/C)c(NC3CCC4CNCC43)n2)c1. The second-order valence-electron chi connectivity index (χ2n) is 9.33. The summed E-state index contributed by atoms with van der Waals surface area (Å²) >= 11 is 0. The molecule has 1 aromatic carbocycles. The molecule has 1 saturated heterocycles. The van der Waals surface area contributed by atoms with Crippen molar-refractivity contribution in [1.29, 1.82) is 0 Å². The van der Waals surface area contributed by atoms with Crippen molar-refractivity contribution in [2.24, 2.45) is 16.8 Å². The van der Waals surface area contributed by atoms with Gasteiger partial charge in [-0.1, -0.05) is 36.9 Å². The van der Waals surface area contributed by atoms with Gasteiger partial charge in [-0.2, -0.15) is 0 Å². The van der Waals surface area contributed by atoms with Crippen molar-refractivity contribution in [2.75, 3.05) is 39.5 Å². The summed E-state index contributed by atoms with van der Waals surface area (Å²) in [5.41, 5.74) is 5.14. The van der Waals surface area contributed by atoms with Crippen molar-refractivity contribution in [1.82, 2.24) is 20.2 Å². The van der Waals surface area contributed by atoms with Gasteiger partial charge < -0.3 is 15.5 Å².